The van der Waals surface area contributed by atoms with E-state index in [1.54, 1.807) is 12.1 Å². The van der Waals surface area contributed by atoms with Gasteiger partial charge in [-0.15, -0.1) is 0 Å². The molecule has 1 unspecified atom stereocenters. The van der Waals surface area contributed by atoms with E-state index in [4.69, 9.17) is 0 Å². The maximum absolute atomic E-state index is 11.5. The Balaban J connectivity index is 1.47. The van der Waals surface area contributed by atoms with Crippen molar-refractivity contribution in [2.75, 3.05) is 46.0 Å². The summed E-state index contributed by atoms with van der Waals surface area (Å²) in [6.07, 6.45) is 7.72. The average Bonchev–Trinajstić information content (AvgIpc) is 3.29. The first-order valence-corrected chi connectivity index (χ1v) is 11.0. The molecule has 2 aliphatic rings. The lowest BCUT2D eigenvalue weighted by Crippen LogP contribution is -2.43. The Kier molecular flexibility index (Phi) is 5.98. The van der Waals surface area contributed by atoms with Gasteiger partial charge in [-0.1, -0.05) is 24.3 Å². The molecular weight excluding hydrogens is 348 g/mol. The van der Waals surface area contributed by atoms with Crippen LogP contribution in [0.25, 0.3) is 0 Å². The Hall–Kier alpha value is -1.86. The number of rotatable bonds is 5. The van der Waals surface area contributed by atoms with E-state index >= 15 is 0 Å². The molecule has 6 nitrogen and oxygen atoms in total. The Morgan fingerprint density at radius 1 is 1.23 bits per heavy atom. The summed E-state index contributed by atoms with van der Waals surface area (Å²) in [5.41, 5.74) is 1.11. The maximum Gasteiger partial charge on any atom is 0.193 e. The van der Waals surface area contributed by atoms with Crippen molar-refractivity contribution in [3.8, 4) is 0 Å². The van der Waals surface area contributed by atoms with Crippen LogP contribution in [0.5, 0.6) is 0 Å². The van der Waals surface area contributed by atoms with E-state index in [9.17, 15) is 8.42 Å². The minimum Gasteiger partial charge on any atom is -0.356 e. The predicted molar refractivity (Wildman–Crippen MR) is 105 cm³/mol. The minimum absolute atomic E-state index is 0.365. The Bertz CT molecular complexity index is 763. The highest BCUT2D eigenvalue weighted by Gasteiger charge is 2.29. The van der Waals surface area contributed by atoms with Crippen LogP contribution < -0.4 is 5.32 Å². The highest BCUT2D eigenvalue weighted by Crippen LogP contribution is 2.18. The third-order valence-corrected chi connectivity index (χ3v) is 6.21. The predicted octanol–water partition coefficient (Wildman–Crippen LogP) is 1.15. The first-order valence-electron chi connectivity index (χ1n) is 9.11. The first kappa shape index (κ1) is 18.9. The van der Waals surface area contributed by atoms with Crippen LogP contribution in [0.1, 0.15) is 12.0 Å². The fourth-order valence-electron chi connectivity index (χ4n) is 3.58. The molecule has 1 saturated heterocycles. The number of nitrogens with one attached hydrogen (secondary N) is 1. The van der Waals surface area contributed by atoms with E-state index in [1.807, 2.05) is 19.2 Å². The molecule has 26 heavy (non-hydrogen) atoms. The molecule has 0 radical (unpaired) electrons. The third-order valence-electron chi connectivity index (χ3n) is 5.09. The molecule has 0 saturated carbocycles. The van der Waals surface area contributed by atoms with Gasteiger partial charge in [-0.25, -0.2) is 8.42 Å². The average molecular weight is 377 g/mol. The van der Waals surface area contributed by atoms with E-state index in [2.05, 4.69) is 32.3 Å². The molecule has 2 aliphatic heterocycles. The van der Waals surface area contributed by atoms with E-state index in [0.29, 0.717) is 10.9 Å². The summed E-state index contributed by atoms with van der Waals surface area (Å²) in [6, 6.07) is 7.72. The number of hydrogen-bond acceptors (Lipinski definition) is 4. The van der Waals surface area contributed by atoms with Crippen molar-refractivity contribution < 1.29 is 8.42 Å². The molecule has 1 atom stereocenters. The first-order chi connectivity index (χ1) is 12.5. The highest BCUT2D eigenvalue weighted by atomic mass is 32.2. The topological polar surface area (TPSA) is 65.0 Å². The van der Waals surface area contributed by atoms with E-state index in [-0.39, 0.29) is 0 Å². The molecule has 0 bridgehead atoms. The standard InChI is InChI=1S/C19H28N4O2S/c1-20-19(23-14-10-17(15-23)22-12-3-4-13-22)21-11-9-16-5-7-18(8-6-16)26(2,24)25/h3-8,17H,9-15H2,1-2H3,(H,20,21). The number of hydrogen-bond donors (Lipinski definition) is 1. The smallest absolute Gasteiger partial charge is 0.193 e. The Morgan fingerprint density at radius 2 is 1.92 bits per heavy atom. The number of benzene rings is 1. The van der Waals surface area contributed by atoms with Crippen molar-refractivity contribution in [1.29, 1.82) is 0 Å². The molecule has 0 aliphatic carbocycles. The molecule has 0 amide bonds. The molecule has 1 aromatic carbocycles. The summed E-state index contributed by atoms with van der Waals surface area (Å²) in [5.74, 6) is 0.951. The second-order valence-corrected chi connectivity index (χ2v) is 8.97. The summed E-state index contributed by atoms with van der Waals surface area (Å²) in [5, 5.41) is 3.44. The van der Waals surface area contributed by atoms with Gasteiger partial charge >= 0.3 is 0 Å². The second kappa shape index (κ2) is 8.22. The molecular formula is C19H28N4O2S. The van der Waals surface area contributed by atoms with E-state index < -0.39 is 9.84 Å². The van der Waals surface area contributed by atoms with Crippen LogP contribution in [0.2, 0.25) is 0 Å². The van der Waals surface area contributed by atoms with Crippen LogP contribution in [0.15, 0.2) is 46.3 Å². The van der Waals surface area contributed by atoms with Crippen molar-refractivity contribution in [2.45, 2.75) is 23.8 Å². The Morgan fingerprint density at radius 3 is 2.54 bits per heavy atom. The zero-order valence-electron chi connectivity index (χ0n) is 15.6. The largest absolute Gasteiger partial charge is 0.356 e. The number of aliphatic imine (C=N–C) groups is 1. The zero-order chi connectivity index (χ0) is 18.6. The lowest BCUT2D eigenvalue weighted by molar-refractivity contribution is 0.259. The van der Waals surface area contributed by atoms with Crippen molar-refractivity contribution >= 4 is 15.8 Å². The number of sulfone groups is 1. The lowest BCUT2D eigenvalue weighted by Gasteiger charge is -2.25. The summed E-state index contributed by atoms with van der Waals surface area (Å²) in [6.45, 7) is 4.95. The van der Waals surface area contributed by atoms with Crippen LogP contribution in [0, 0.1) is 0 Å². The van der Waals surface area contributed by atoms with Crippen molar-refractivity contribution in [3.05, 3.63) is 42.0 Å². The second-order valence-electron chi connectivity index (χ2n) is 6.95. The zero-order valence-corrected chi connectivity index (χ0v) is 16.4. The van der Waals surface area contributed by atoms with Gasteiger partial charge < -0.3 is 10.2 Å². The molecule has 0 aromatic heterocycles. The lowest BCUT2D eigenvalue weighted by atomic mass is 10.1. The van der Waals surface area contributed by atoms with Crippen molar-refractivity contribution in [3.63, 3.8) is 0 Å². The van der Waals surface area contributed by atoms with Crippen LogP contribution in [0.4, 0.5) is 0 Å². The van der Waals surface area contributed by atoms with Crippen molar-refractivity contribution in [1.82, 2.24) is 15.1 Å². The minimum atomic E-state index is -3.13. The molecule has 0 spiro atoms. The Labute approximate surface area is 156 Å². The van der Waals surface area contributed by atoms with Gasteiger partial charge in [-0.05, 0) is 30.5 Å². The summed E-state index contributed by atoms with van der Waals surface area (Å²) in [7, 11) is -1.30. The van der Waals surface area contributed by atoms with Crippen LogP contribution in [0.3, 0.4) is 0 Å². The van der Waals surface area contributed by atoms with Crippen LogP contribution in [-0.4, -0.2) is 76.2 Å². The normalized spacial score (nSPS) is 21.5. The molecule has 1 aromatic rings. The summed E-state index contributed by atoms with van der Waals surface area (Å²) in [4.78, 5) is 9.63. The van der Waals surface area contributed by atoms with Crippen LogP contribution in [-0.2, 0) is 16.3 Å². The SMILES string of the molecule is CN=C(NCCc1ccc(S(C)(=O)=O)cc1)N1CCC(N2CC=CC2)C1. The monoisotopic (exact) mass is 376 g/mol. The number of likely N-dealkylation sites (tertiary alicyclic amines) is 1. The van der Waals surface area contributed by atoms with Gasteiger partial charge in [0, 0.05) is 52.1 Å². The molecule has 2 heterocycles. The summed E-state index contributed by atoms with van der Waals surface area (Å²) < 4.78 is 23.0. The summed E-state index contributed by atoms with van der Waals surface area (Å²) >= 11 is 0. The maximum atomic E-state index is 11.5. The number of nitrogens with zero attached hydrogens (tertiary/aromatic N) is 3. The fraction of sp³-hybridized carbons (Fsp3) is 0.526. The molecule has 142 valence electrons. The van der Waals surface area contributed by atoms with Gasteiger partial charge in [0.1, 0.15) is 0 Å². The third kappa shape index (κ3) is 4.65. The molecule has 1 fully saturated rings. The highest BCUT2D eigenvalue weighted by molar-refractivity contribution is 7.90. The molecule has 3 rings (SSSR count). The van der Waals surface area contributed by atoms with E-state index in [1.165, 1.54) is 12.7 Å². The van der Waals surface area contributed by atoms with Gasteiger partial charge in [-0.2, -0.15) is 0 Å². The quantitative estimate of drug-likeness (QED) is 0.475. The molecule has 1 N–H and O–H groups in total. The number of guanidine groups is 1. The van der Waals surface area contributed by atoms with Gasteiger partial charge in [0.2, 0.25) is 0 Å². The van der Waals surface area contributed by atoms with E-state index in [0.717, 1.165) is 50.7 Å². The van der Waals surface area contributed by atoms with Gasteiger partial charge in [0.15, 0.2) is 15.8 Å². The fourth-order valence-corrected chi connectivity index (χ4v) is 4.21. The van der Waals surface area contributed by atoms with Gasteiger partial charge in [-0.3, -0.25) is 9.89 Å². The molecule has 7 heteroatoms. The van der Waals surface area contributed by atoms with Gasteiger partial charge in [0.25, 0.3) is 0 Å². The van der Waals surface area contributed by atoms with Crippen molar-refractivity contribution in [2.24, 2.45) is 4.99 Å². The van der Waals surface area contributed by atoms with Crippen LogP contribution >= 0.6 is 0 Å². The van der Waals surface area contributed by atoms with Gasteiger partial charge in [0.05, 0.1) is 4.90 Å².